The Balaban J connectivity index is 2.31. The number of hydrazine groups is 1. The van der Waals surface area contributed by atoms with Crippen LogP contribution in [-0.2, 0) is 9.84 Å². The summed E-state index contributed by atoms with van der Waals surface area (Å²) in [5.74, 6) is 0. The molecule has 1 aromatic rings. The van der Waals surface area contributed by atoms with E-state index in [4.69, 9.17) is 0 Å². The zero-order valence-electron chi connectivity index (χ0n) is 7.58. The van der Waals surface area contributed by atoms with Crippen molar-refractivity contribution in [1.29, 1.82) is 0 Å². The first-order valence-electron chi connectivity index (χ1n) is 4.33. The highest BCUT2D eigenvalue weighted by molar-refractivity contribution is 7.95. The maximum absolute atomic E-state index is 12.1. The first-order chi connectivity index (χ1) is 7.19. The molecule has 0 bridgehead atoms. The number of aliphatic imine (C=N–C) groups is 1. The molecule has 0 spiro atoms. The molecule has 75 valence electrons. The summed E-state index contributed by atoms with van der Waals surface area (Å²) in [6.45, 7) is 0. The largest absolute Gasteiger partial charge is 0.330 e. The van der Waals surface area contributed by atoms with Crippen molar-refractivity contribution in [2.45, 2.75) is 4.90 Å². The molecule has 2 aliphatic heterocycles. The van der Waals surface area contributed by atoms with Crippen molar-refractivity contribution in [2.24, 2.45) is 4.99 Å². The Morgan fingerprint density at radius 1 is 1.27 bits per heavy atom. The number of benzene rings is 1. The van der Waals surface area contributed by atoms with E-state index in [0.29, 0.717) is 5.69 Å². The Bertz CT molecular complexity index is 589. The molecule has 0 unspecified atom stereocenters. The smallest absolute Gasteiger partial charge is 0.213 e. The summed E-state index contributed by atoms with van der Waals surface area (Å²) in [5, 5.41) is 1.57. The van der Waals surface area contributed by atoms with E-state index in [9.17, 15) is 8.42 Å². The molecule has 0 fully saturated rings. The summed E-state index contributed by atoms with van der Waals surface area (Å²) >= 11 is 0. The van der Waals surface area contributed by atoms with Crippen molar-refractivity contribution < 1.29 is 8.42 Å². The van der Waals surface area contributed by atoms with Crippen LogP contribution in [0.4, 0.5) is 5.69 Å². The van der Waals surface area contributed by atoms with E-state index < -0.39 is 9.84 Å². The lowest BCUT2D eigenvalue weighted by Crippen LogP contribution is -2.39. The number of sulfone groups is 1. The lowest BCUT2D eigenvalue weighted by molar-refractivity contribution is 0.592. The molecule has 2 aliphatic rings. The first-order valence-corrected chi connectivity index (χ1v) is 5.81. The predicted octanol–water partition coefficient (Wildman–Crippen LogP) is 0.782. The van der Waals surface area contributed by atoms with Crippen molar-refractivity contribution in [3.63, 3.8) is 0 Å². The van der Waals surface area contributed by atoms with Crippen LogP contribution in [0, 0.1) is 0 Å². The molecule has 0 saturated carbocycles. The van der Waals surface area contributed by atoms with Gasteiger partial charge in [0, 0.05) is 5.01 Å². The molecule has 5 nitrogen and oxygen atoms in total. The maximum Gasteiger partial charge on any atom is 0.330 e. The first kappa shape index (κ1) is 8.63. The number of rotatable bonds is 0. The van der Waals surface area contributed by atoms with Gasteiger partial charge in [-0.25, -0.2) is 8.42 Å². The molecule has 0 aromatic heterocycles. The van der Waals surface area contributed by atoms with Gasteiger partial charge < -0.3 is 0 Å². The van der Waals surface area contributed by atoms with E-state index in [2.05, 4.69) is 10.4 Å². The van der Waals surface area contributed by atoms with E-state index in [1.807, 2.05) is 0 Å². The maximum atomic E-state index is 12.1. The molecular formula is C9H7N3O2S+. The lowest BCUT2D eigenvalue weighted by Gasteiger charge is -2.16. The third kappa shape index (κ3) is 1.06. The molecule has 3 rings (SSSR count). The Morgan fingerprint density at radius 2 is 2.07 bits per heavy atom. The van der Waals surface area contributed by atoms with Crippen molar-refractivity contribution in [1.82, 2.24) is 5.01 Å². The minimum atomic E-state index is -3.42. The van der Waals surface area contributed by atoms with Crippen LogP contribution in [0.1, 0.15) is 0 Å². The molecular weight excluding hydrogens is 214 g/mol. The summed E-state index contributed by atoms with van der Waals surface area (Å²) < 4.78 is 24.1. The quantitative estimate of drug-likeness (QED) is 0.658. The average Bonchev–Trinajstić information content (AvgIpc) is 2.67. The van der Waals surface area contributed by atoms with Gasteiger partial charge in [0.1, 0.15) is 16.8 Å². The van der Waals surface area contributed by atoms with Gasteiger partial charge in [0.15, 0.2) is 0 Å². The van der Waals surface area contributed by atoms with Crippen LogP contribution in [0.25, 0.3) is 0 Å². The molecule has 0 saturated heterocycles. The van der Waals surface area contributed by atoms with Crippen LogP contribution in [0.15, 0.2) is 45.4 Å². The van der Waals surface area contributed by atoms with Crippen molar-refractivity contribution in [3.8, 4) is 0 Å². The fourth-order valence-electron chi connectivity index (χ4n) is 1.60. The molecule has 15 heavy (non-hydrogen) atoms. The second kappa shape index (κ2) is 2.68. The number of hydrogen-bond donors (Lipinski definition) is 1. The number of hydrogen-bond acceptors (Lipinski definition) is 5. The highest BCUT2D eigenvalue weighted by Gasteiger charge is 2.44. The summed E-state index contributed by atoms with van der Waals surface area (Å²) in [6.07, 6.45) is 2.76. The molecule has 1 radical (unpaired) electrons. The van der Waals surface area contributed by atoms with E-state index >= 15 is 0 Å². The second-order valence-corrected chi connectivity index (χ2v) is 5.08. The Kier molecular flexibility index (Phi) is 1.54. The molecule has 0 aliphatic carbocycles. The summed E-state index contributed by atoms with van der Waals surface area (Å²) in [5.41, 5.74) is 3.52. The lowest BCUT2D eigenvalue weighted by atomic mass is 10.3. The Labute approximate surface area is 86.6 Å². The molecule has 1 N–H and O–H groups in total. The number of fused-ring (bicyclic) bond motifs is 2. The van der Waals surface area contributed by atoms with Crippen molar-refractivity contribution in [2.75, 3.05) is 5.43 Å². The van der Waals surface area contributed by atoms with E-state index in [1.54, 1.807) is 24.3 Å². The number of nitrogens with zero attached hydrogens (tertiary/aromatic N) is 2. The zero-order chi connectivity index (χ0) is 10.5. The number of nitrogens with one attached hydrogen (secondary N) is 1. The van der Waals surface area contributed by atoms with Gasteiger partial charge in [-0.2, -0.15) is 10.4 Å². The van der Waals surface area contributed by atoms with Crippen LogP contribution >= 0.6 is 0 Å². The summed E-state index contributed by atoms with van der Waals surface area (Å²) in [4.78, 5) is 4.09. The predicted molar refractivity (Wildman–Crippen MR) is 56.0 cm³/mol. The standard InChI is InChI=1S/C9H7N3O2S/c13-15(14)8-4-2-1-3-7(8)11-12-6-10-5-9(12)15/h1-6,11H/q+1. The van der Waals surface area contributed by atoms with Crippen LogP contribution in [-0.4, -0.2) is 14.8 Å². The fourth-order valence-corrected chi connectivity index (χ4v) is 3.04. The monoisotopic (exact) mass is 221 g/mol. The van der Waals surface area contributed by atoms with Gasteiger partial charge in [0.2, 0.25) is 0 Å². The second-order valence-electron chi connectivity index (χ2n) is 3.21. The van der Waals surface area contributed by atoms with Crippen molar-refractivity contribution >= 4 is 21.9 Å². The van der Waals surface area contributed by atoms with Crippen LogP contribution < -0.4 is 10.4 Å². The van der Waals surface area contributed by atoms with Gasteiger partial charge in [0.25, 0.3) is 16.2 Å². The number of para-hydroxylation sites is 1. The normalized spacial score (nSPS) is 21.5. The topological polar surface area (TPSA) is 64.4 Å². The third-order valence-corrected chi connectivity index (χ3v) is 4.09. The van der Waals surface area contributed by atoms with Gasteiger partial charge in [-0.05, 0) is 12.1 Å². The molecule has 1 aromatic carbocycles. The Morgan fingerprint density at radius 3 is 2.93 bits per heavy atom. The Hall–Kier alpha value is -1.66. The summed E-state index contributed by atoms with van der Waals surface area (Å²) in [6, 6.07) is 6.78. The van der Waals surface area contributed by atoms with Gasteiger partial charge in [-0.1, -0.05) is 12.1 Å². The minimum absolute atomic E-state index is 0.168. The van der Waals surface area contributed by atoms with Gasteiger partial charge >= 0.3 is 5.03 Å². The van der Waals surface area contributed by atoms with E-state index in [-0.39, 0.29) is 9.92 Å². The highest BCUT2D eigenvalue weighted by Crippen LogP contribution is 2.33. The van der Waals surface area contributed by atoms with E-state index in [1.165, 1.54) is 17.5 Å². The summed E-state index contributed by atoms with van der Waals surface area (Å²) in [7, 11) is -3.42. The van der Waals surface area contributed by atoms with E-state index in [0.717, 1.165) is 0 Å². The fraction of sp³-hybridized carbons (Fsp3) is 0. The molecule has 6 heteroatoms. The SMILES string of the molecule is O=S1(=O)C2=CN=C[N+]2Nc2ccccc21. The number of anilines is 1. The van der Waals surface area contributed by atoms with Gasteiger partial charge in [0.05, 0.1) is 0 Å². The average molecular weight is 221 g/mol. The van der Waals surface area contributed by atoms with Gasteiger partial charge in [-0.3, -0.25) is 0 Å². The van der Waals surface area contributed by atoms with Crippen LogP contribution in [0.3, 0.4) is 0 Å². The highest BCUT2D eigenvalue weighted by atomic mass is 32.2. The molecule has 2 heterocycles. The third-order valence-electron chi connectivity index (χ3n) is 2.30. The molecule has 0 amide bonds. The molecule has 0 atom stereocenters. The van der Waals surface area contributed by atoms with Crippen LogP contribution in [0.2, 0.25) is 0 Å². The zero-order valence-corrected chi connectivity index (χ0v) is 8.40. The van der Waals surface area contributed by atoms with Crippen molar-refractivity contribution in [3.05, 3.63) is 35.5 Å². The van der Waals surface area contributed by atoms with Crippen LogP contribution in [0.5, 0.6) is 0 Å². The van der Waals surface area contributed by atoms with Gasteiger partial charge in [-0.15, -0.1) is 0 Å². The minimum Gasteiger partial charge on any atom is -0.213 e.